The van der Waals surface area contributed by atoms with Gasteiger partial charge in [0, 0.05) is 5.56 Å². The Labute approximate surface area is 165 Å². The van der Waals surface area contributed by atoms with Crippen molar-refractivity contribution >= 4 is 22.7 Å². The molecule has 27 heavy (non-hydrogen) atoms. The van der Waals surface area contributed by atoms with E-state index in [1.807, 2.05) is 6.07 Å². The van der Waals surface area contributed by atoms with Gasteiger partial charge in [0.1, 0.15) is 9.75 Å². The van der Waals surface area contributed by atoms with Gasteiger partial charge in [-0.25, -0.2) is 23.1 Å². The molecule has 0 unspecified atom stereocenters. The average molecular weight is 421 g/mol. The lowest BCUT2D eigenvalue weighted by molar-refractivity contribution is -2.00. The third kappa shape index (κ3) is 5.95. The van der Waals surface area contributed by atoms with Crippen LogP contribution in [-0.2, 0) is 0 Å². The molecule has 0 radical (unpaired) electrons. The second-order valence-electron chi connectivity index (χ2n) is 5.27. The zero-order valence-corrected chi connectivity index (χ0v) is 16.1. The first-order valence-electron chi connectivity index (χ1n) is 7.63. The van der Waals surface area contributed by atoms with Crippen molar-refractivity contribution in [3.63, 3.8) is 0 Å². The van der Waals surface area contributed by atoms with Gasteiger partial charge in [-0.05, 0) is 28.5 Å². The molecular formula is C19H13ClO5S2. The molecule has 0 aliphatic heterocycles. The smallest absolute Gasteiger partial charge is 0.222 e. The molecule has 0 aliphatic rings. The van der Waals surface area contributed by atoms with E-state index in [2.05, 4.69) is 71.4 Å². The largest absolute Gasteiger partial charge is 0.371 e. The molecule has 0 aliphatic carbocycles. The molecule has 0 saturated carbocycles. The Morgan fingerprint density at radius 2 is 1.11 bits per heavy atom. The van der Waals surface area contributed by atoms with Gasteiger partial charge in [0.25, 0.3) is 0 Å². The van der Waals surface area contributed by atoms with E-state index in [0.29, 0.717) is 0 Å². The summed E-state index contributed by atoms with van der Waals surface area (Å²) in [5, 5.41) is 4.15. The number of halogens is 1. The number of thiophene rings is 2. The number of hydrogen-bond donors (Lipinski definition) is 0. The molecule has 4 rings (SSSR count). The quantitative estimate of drug-likeness (QED) is 0.471. The SMILES string of the molecule is [O-][Cl+3]([O-])([O-])[O-].c1ccc(-c2cc(-c3cccs3)[o+]c(-c3cccs3)c2)cc1. The molecule has 3 heterocycles. The Balaban J connectivity index is 0.000000376. The molecule has 8 heteroatoms. The Bertz CT molecular complexity index is 907. The van der Waals surface area contributed by atoms with E-state index in [4.69, 9.17) is 23.1 Å². The molecule has 0 fully saturated rings. The second-order valence-corrected chi connectivity index (χ2v) is 7.92. The van der Waals surface area contributed by atoms with Gasteiger partial charge in [0.15, 0.2) is 0 Å². The maximum Gasteiger partial charge on any atom is 0.371 e. The minimum absolute atomic E-state index is 0.916. The van der Waals surface area contributed by atoms with E-state index in [1.54, 1.807) is 22.7 Å². The first-order chi connectivity index (χ1) is 12.9. The monoisotopic (exact) mass is 420 g/mol. The second kappa shape index (κ2) is 8.73. The number of benzene rings is 1. The topological polar surface area (TPSA) is 104 Å². The summed E-state index contributed by atoms with van der Waals surface area (Å²) >= 11 is 3.39. The molecule has 4 aromatic rings. The van der Waals surface area contributed by atoms with Crippen LogP contribution in [0.4, 0.5) is 0 Å². The Hall–Kier alpha value is -2.10. The van der Waals surface area contributed by atoms with Gasteiger partial charge in [-0.15, -0.1) is 32.9 Å². The molecule has 0 spiro atoms. The van der Waals surface area contributed by atoms with Crippen LogP contribution in [0.2, 0.25) is 0 Å². The van der Waals surface area contributed by atoms with Crippen molar-refractivity contribution in [3.8, 4) is 32.4 Å². The van der Waals surface area contributed by atoms with Crippen LogP contribution in [-0.4, -0.2) is 0 Å². The summed E-state index contributed by atoms with van der Waals surface area (Å²) in [6.45, 7) is 0. The minimum atomic E-state index is -4.94. The molecule has 3 aromatic heterocycles. The predicted octanol–water partition coefficient (Wildman–Crippen LogP) is 1.93. The molecule has 0 N–H and O–H groups in total. The normalized spacial score (nSPS) is 11.0. The van der Waals surface area contributed by atoms with Crippen molar-refractivity contribution in [1.29, 1.82) is 0 Å². The van der Waals surface area contributed by atoms with Crippen molar-refractivity contribution in [2.75, 3.05) is 0 Å². The minimum Gasteiger partial charge on any atom is -0.222 e. The zero-order chi connectivity index (χ0) is 19.3. The molecule has 138 valence electrons. The van der Waals surface area contributed by atoms with E-state index in [1.165, 1.54) is 11.1 Å². The molecule has 1 aromatic carbocycles. The van der Waals surface area contributed by atoms with Gasteiger partial charge in [0.2, 0.25) is 0 Å². The fraction of sp³-hybridized carbons (Fsp3) is 0. The van der Waals surface area contributed by atoms with E-state index in [0.717, 1.165) is 21.3 Å². The van der Waals surface area contributed by atoms with Gasteiger partial charge in [-0.1, -0.05) is 42.5 Å². The van der Waals surface area contributed by atoms with Crippen LogP contribution in [0, 0.1) is 10.2 Å². The standard InChI is InChI=1S/C19H13OS2.ClHO4/c1-2-6-14(7-3-1)15-12-16(18-8-4-10-21-18)20-17(13-15)19-9-5-11-22-19;2-1(3,4)5/h1-13H;(H,2,3,4,5)/q+1;/p-1. The zero-order valence-electron chi connectivity index (χ0n) is 13.7. The Morgan fingerprint density at radius 1 is 0.630 bits per heavy atom. The molecule has 0 amide bonds. The highest BCUT2D eigenvalue weighted by atomic mass is 35.7. The van der Waals surface area contributed by atoms with Gasteiger partial charge in [-0.3, -0.25) is 0 Å². The van der Waals surface area contributed by atoms with Crippen LogP contribution in [0.3, 0.4) is 0 Å². The summed E-state index contributed by atoms with van der Waals surface area (Å²) in [5.41, 5.74) is 2.38. The number of hydrogen-bond acceptors (Lipinski definition) is 6. The fourth-order valence-corrected chi connectivity index (χ4v) is 3.73. The highest BCUT2D eigenvalue weighted by Gasteiger charge is 2.21. The summed E-state index contributed by atoms with van der Waals surface area (Å²) < 4.78 is 40.1. The third-order valence-electron chi connectivity index (χ3n) is 3.43. The van der Waals surface area contributed by atoms with Crippen molar-refractivity contribution in [2.45, 2.75) is 0 Å². The van der Waals surface area contributed by atoms with Crippen LogP contribution >= 0.6 is 22.7 Å². The van der Waals surface area contributed by atoms with Crippen LogP contribution in [0.15, 0.2) is 81.9 Å². The van der Waals surface area contributed by atoms with Gasteiger partial charge in [0.05, 0.1) is 12.1 Å². The van der Waals surface area contributed by atoms with Crippen molar-refractivity contribution in [1.82, 2.24) is 0 Å². The Morgan fingerprint density at radius 3 is 1.52 bits per heavy atom. The first kappa shape index (κ1) is 19.7. The lowest BCUT2D eigenvalue weighted by Gasteiger charge is -2.17. The summed E-state index contributed by atoms with van der Waals surface area (Å²) in [4.78, 5) is 2.30. The van der Waals surface area contributed by atoms with E-state index in [-0.39, 0.29) is 0 Å². The molecule has 0 atom stereocenters. The maximum atomic E-state index is 8.49. The first-order valence-corrected chi connectivity index (χ1v) is 10.6. The van der Waals surface area contributed by atoms with Crippen molar-refractivity contribution in [3.05, 3.63) is 77.5 Å². The summed E-state index contributed by atoms with van der Waals surface area (Å²) in [7, 11) is -4.94. The van der Waals surface area contributed by atoms with Crippen LogP contribution in [0.5, 0.6) is 0 Å². The summed E-state index contributed by atoms with van der Waals surface area (Å²) in [6, 6.07) is 23.0. The van der Waals surface area contributed by atoms with Gasteiger partial charge < -0.3 is 0 Å². The van der Waals surface area contributed by atoms with Crippen molar-refractivity contribution < 1.29 is 33.3 Å². The molecule has 5 nitrogen and oxygen atoms in total. The fourth-order valence-electron chi connectivity index (χ4n) is 2.38. The van der Waals surface area contributed by atoms with E-state index < -0.39 is 10.2 Å². The van der Waals surface area contributed by atoms with Crippen LogP contribution in [0.25, 0.3) is 32.4 Å². The van der Waals surface area contributed by atoms with Crippen LogP contribution < -0.4 is 18.6 Å². The van der Waals surface area contributed by atoms with E-state index in [9.17, 15) is 0 Å². The average Bonchev–Trinajstić information content (AvgIpc) is 3.34. The Kier molecular flexibility index (Phi) is 6.35. The van der Waals surface area contributed by atoms with Crippen molar-refractivity contribution in [2.24, 2.45) is 0 Å². The van der Waals surface area contributed by atoms with Gasteiger partial charge >= 0.3 is 11.5 Å². The summed E-state index contributed by atoms with van der Waals surface area (Å²) in [6.07, 6.45) is 0. The molecule has 0 bridgehead atoms. The lowest BCUT2D eigenvalue weighted by atomic mass is 10.1. The molecular weight excluding hydrogens is 408 g/mol. The molecule has 0 saturated heterocycles. The highest BCUT2D eigenvalue weighted by molar-refractivity contribution is 7.13. The lowest BCUT2D eigenvalue weighted by Crippen LogP contribution is -2.68. The maximum absolute atomic E-state index is 8.49. The van der Waals surface area contributed by atoms with E-state index >= 15 is 0 Å². The third-order valence-corrected chi connectivity index (χ3v) is 5.20. The number of rotatable bonds is 3. The van der Waals surface area contributed by atoms with Gasteiger partial charge in [-0.2, -0.15) is 0 Å². The van der Waals surface area contributed by atoms with Crippen LogP contribution in [0.1, 0.15) is 0 Å². The highest BCUT2D eigenvalue weighted by Crippen LogP contribution is 2.35. The predicted molar refractivity (Wildman–Crippen MR) is 95.2 cm³/mol. The summed E-state index contributed by atoms with van der Waals surface area (Å²) in [5.74, 6) is 1.83.